The van der Waals surface area contributed by atoms with Crippen LogP contribution >= 0.6 is 0 Å². The molecule has 0 spiro atoms. The van der Waals surface area contributed by atoms with Crippen molar-refractivity contribution < 1.29 is 19.2 Å². The number of carbonyl (C=O) groups excluding carboxylic acids is 4. The summed E-state index contributed by atoms with van der Waals surface area (Å²) in [7, 11) is 0. The number of nitrogens with zero attached hydrogens (tertiary/aromatic N) is 4. The Bertz CT molecular complexity index is 2240. The van der Waals surface area contributed by atoms with Crippen molar-refractivity contribution in [3.05, 3.63) is 141 Å². The maximum atomic E-state index is 11.1. The molecule has 4 amide bonds. The van der Waals surface area contributed by atoms with E-state index in [1.807, 2.05) is 19.6 Å². The minimum atomic E-state index is 0.132. The van der Waals surface area contributed by atoms with Crippen molar-refractivity contribution in [3.63, 3.8) is 0 Å². The van der Waals surface area contributed by atoms with Crippen molar-refractivity contribution in [2.75, 3.05) is 52.4 Å². The first-order valence-corrected chi connectivity index (χ1v) is 30.5. The van der Waals surface area contributed by atoms with Gasteiger partial charge in [-0.15, -0.1) is 0 Å². The van der Waals surface area contributed by atoms with Crippen LogP contribution in [-0.2, 0) is 50.3 Å². The molecule has 0 heterocycles. The van der Waals surface area contributed by atoms with Crippen molar-refractivity contribution in [1.82, 2.24) is 19.6 Å². The number of amides is 4. The lowest BCUT2D eigenvalue weighted by atomic mass is 9.81. The second kappa shape index (κ2) is 37.0. The molecular weight excluding hydrogens is 985 g/mol. The summed E-state index contributed by atoms with van der Waals surface area (Å²) in [5.41, 5.74) is 12.8. The quantitative estimate of drug-likeness (QED) is 0.0986. The van der Waals surface area contributed by atoms with Gasteiger partial charge in [-0.2, -0.15) is 0 Å². The summed E-state index contributed by atoms with van der Waals surface area (Å²) in [6.07, 6.45) is 3.92. The van der Waals surface area contributed by atoms with Crippen LogP contribution in [-0.4, -0.2) is 95.6 Å². The first kappa shape index (κ1) is 72.8. The van der Waals surface area contributed by atoms with E-state index in [0.717, 1.165) is 78.0 Å². The van der Waals surface area contributed by atoms with Crippen molar-refractivity contribution in [3.8, 4) is 0 Å². The number of hydrogen-bond donors (Lipinski definition) is 0. The van der Waals surface area contributed by atoms with Gasteiger partial charge >= 0.3 is 0 Å². The summed E-state index contributed by atoms with van der Waals surface area (Å²) in [6, 6.07) is 34.6. The van der Waals surface area contributed by atoms with Crippen molar-refractivity contribution in [1.29, 1.82) is 0 Å². The van der Waals surface area contributed by atoms with Crippen LogP contribution in [0.25, 0.3) is 0 Å². The third-order valence-corrected chi connectivity index (χ3v) is 13.0. The molecule has 8 nitrogen and oxygen atoms in total. The van der Waals surface area contributed by atoms with Crippen LogP contribution in [0.2, 0.25) is 0 Å². The molecule has 0 aliphatic heterocycles. The summed E-state index contributed by atoms with van der Waals surface area (Å²) in [4.78, 5) is 52.3. The minimum Gasteiger partial charge on any atom is -0.342 e. The van der Waals surface area contributed by atoms with Crippen LogP contribution in [0.4, 0.5) is 0 Å². The van der Waals surface area contributed by atoms with Crippen molar-refractivity contribution >= 4 is 23.6 Å². The van der Waals surface area contributed by atoms with Gasteiger partial charge in [-0.3, -0.25) is 19.2 Å². The Morgan fingerprint density at radius 3 is 0.713 bits per heavy atom. The Morgan fingerprint density at radius 1 is 0.325 bits per heavy atom. The van der Waals surface area contributed by atoms with Crippen LogP contribution < -0.4 is 0 Å². The number of carbonyl (C=O) groups is 4. The van der Waals surface area contributed by atoms with E-state index < -0.39 is 0 Å². The second-order valence-corrected chi connectivity index (χ2v) is 27.3. The smallest absolute Gasteiger partial charge is 0.219 e. The van der Waals surface area contributed by atoms with Crippen molar-refractivity contribution in [2.24, 2.45) is 47.3 Å². The van der Waals surface area contributed by atoms with Crippen LogP contribution in [0.3, 0.4) is 0 Å². The molecule has 8 bridgehead atoms. The Kier molecular flexibility index (Phi) is 33.6. The fourth-order valence-corrected chi connectivity index (χ4v) is 9.96. The van der Waals surface area contributed by atoms with E-state index >= 15 is 0 Å². The molecule has 448 valence electrons. The highest BCUT2D eigenvalue weighted by Gasteiger charge is 2.20. The SMILES string of the molecule is CC(=O)N(CC(C)C)CC(C)C.CC(=O)N(CC(C)C)CC(C)C.CC(=O)N(CC(C)C)CC(C)C.CC(=O)N(CC(C)C)CC(C)C.CC(C)(C)c1ccc2cc1Cc1cccc(c1)Cc1cccc(c1)Cc1cccc(c1)C2. The topological polar surface area (TPSA) is 81.2 Å². The van der Waals surface area contributed by atoms with E-state index in [-0.39, 0.29) is 29.0 Å². The van der Waals surface area contributed by atoms with E-state index in [9.17, 15) is 19.2 Å². The molecule has 4 aromatic rings. The van der Waals surface area contributed by atoms with Crippen LogP contribution in [0.1, 0.15) is 209 Å². The van der Waals surface area contributed by atoms with Crippen LogP contribution in [0.15, 0.2) is 91.0 Å². The van der Waals surface area contributed by atoms with Gasteiger partial charge in [0.05, 0.1) is 0 Å². The Morgan fingerprint density at radius 2 is 0.525 bits per heavy atom. The maximum absolute atomic E-state index is 11.1. The fourth-order valence-electron chi connectivity index (χ4n) is 9.96. The van der Waals surface area contributed by atoms with Gasteiger partial charge < -0.3 is 19.6 Å². The summed E-state index contributed by atoms with van der Waals surface area (Å²) >= 11 is 0. The Balaban J connectivity index is 0.000000559. The molecule has 1 aliphatic carbocycles. The third kappa shape index (κ3) is 32.3. The molecule has 0 N–H and O–H groups in total. The lowest BCUT2D eigenvalue weighted by Gasteiger charge is -2.24. The molecule has 0 saturated heterocycles. The first-order chi connectivity index (χ1) is 37.1. The molecule has 0 saturated carbocycles. The summed E-state index contributed by atoms with van der Waals surface area (Å²) in [5, 5.41) is 0. The number of hydrogen-bond acceptors (Lipinski definition) is 4. The zero-order valence-corrected chi connectivity index (χ0v) is 55.2. The van der Waals surface area contributed by atoms with E-state index in [0.29, 0.717) is 47.3 Å². The number of rotatable bonds is 16. The highest BCUT2D eigenvalue weighted by Crippen LogP contribution is 2.30. The van der Waals surface area contributed by atoms with E-state index in [1.165, 1.54) is 50.1 Å². The first-order valence-electron chi connectivity index (χ1n) is 30.5. The van der Waals surface area contributed by atoms with Gasteiger partial charge in [0.15, 0.2) is 0 Å². The minimum absolute atomic E-state index is 0.132. The molecule has 0 radical (unpaired) electrons. The summed E-state index contributed by atoms with van der Waals surface area (Å²) in [5.74, 6) is 5.27. The van der Waals surface area contributed by atoms with Gasteiger partial charge in [0.1, 0.15) is 0 Å². The molecule has 0 fully saturated rings. The molecule has 0 aromatic heterocycles. The molecule has 4 aromatic carbocycles. The predicted molar refractivity (Wildman–Crippen MR) is 343 cm³/mol. The molecular formula is C72H116N4O4. The van der Waals surface area contributed by atoms with Crippen molar-refractivity contribution in [2.45, 2.75) is 190 Å². The van der Waals surface area contributed by atoms with Crippen LogP contribution in [0.5, 0.6) is 0 Å². The standard InChI is InChI=1S/C32H32.4C10H21NO/c1-32(2,3)31-14-13-29-20-27-10-5-9-25(18-27)16-23-7-4-8-24(15-23)17-26-11-6-12-28(19-26)21-30(31)22-29;4*1-8(2)6-11(10(5)12)7-9(3)4/h4-15,18-19,22H,16-17,20-21H2,1-3H3;4*8-9H,6-7H2,1-5H3. The van der Waals surface area contributed by atoms with E-state index in [1.54, 1.807) is 27.7 Å². The molecule has 1 aliphatic rings. The molecule has 8 heteroatoms. The normalized spacial score (nSPS) is 12.0. The Labute approximate surface area is 491 Å². The van der Waals surface area contributed by atoms with Gasteiger partial charge in [-0.1, -0.05) is 223 Å². The predicted octanol–water partition coefficient (Wildman–Crippen LogP) is 16.2. The number of fused-ring (bicyclic) bond motifs is 8. The monoisotopic (exact) mass is 1100 g/mol. The van der Waals surface area contributed by atoms with Gasteiger partial charge in [0.2, 0.25) is 23.6 Å². The lowest BCUT2D eigenvalue weighted by molar-refractivity contribution is -0.130. The van der Waals surface area contributed by atoms with Gasteiger partial charge in [0.25, 0.3) is 0 Å². The lowest BCUT2D eigenvalue weighted by Crippen LogP contribution is -2.35. The van der Waals surface area contributed by atoms with Gasteiger partial charge in [-0.25, -0.2) is 0 Å². The molecule has 80 heavy (non-hydrogen) atoms. The molecule has 5 rings (SSSR count). The maximum Gasteiger partial charge on any atom is 0.219 e. The number of benzene rings is 4. The zero-order valence-electron chi connectivity index (χ0n) is 55.2. The highest BCUT2D eigenvalue weighted by atomic mass is 16.2. The molecule has 0 atom stereocenters. The highest BCUT2D eigenvalue weighted by molar-refractivity contribution is 5.74. The average molecular weight is 1100 g/mol. The summed E-state index contributed by atoms with van der Waals surface area (Å²) in [6.45, 7) is 54.8. The van der Waals surface area contributed by atoms with Crippen LogP contribution in [0, 0.1) is 47.3 Å². The molecule has 0 unspecified atom stereocenters. The average Bonchev–Trinajstić information content (AvgIpc) is 3.30. The van der Waals surface area contributed by atoms with Gasteiger partial charge in [0, 0.05) is 80.1 Å². The fraction of sp³-hybridized carbons (Fsp3) is 0.611. The summed E-state index contributed by atoms with van der Waals surface area (Å²) < 4.78 is 0. The zero-order chi connectivity index (χ0) is 61.0. The Hall–Kier alpha value is -5.24. The van der Waals surface area contributed by atoms with Gasteiger partial charge in [-0.05, 0) is 129 Å². The second-order valence-electron chi connectivity index (χ2n) is 27.3. The largest absolute Gasteiger partial charge is 0.342 e. The third-order valence-electron chi connectivity index (χ3n) is 13.0. The van der Waals surface area contributed by atoms with E-state index in [4.69, 9.17) is 0 Å². The van der Waals surface area contributed by atoms with E-state index in [2.05, 4.69) is 223 Å².